The lowest BCUT2D eigenvalue weighted by Crippen LogP contribution is -2.46. The van der Waals surface area contributed by atoms with Gasteiger partial charge in [0, 0.05) is 24.0 Å². The van der Waals surface area contributed by atoms with Crippen LogP contribution in [0.15, 0.2) is 22.7 Å². The van der Waals surface area contributed by atoms with Gasteiger partial charge < -0.3 is 14.7 Å². The third kappa shape index (κ3) is 4.81. The second kappa shape index (κ2) is 7.74. The third-order valence-electron chi connectivity index (χ3n) is 3.74. The predicted octanol–water partition coefficient (Wildman–Crippen LogP) is 2.39. The number of carbonyl (C=O) groups is 2. The highest BCUT2D eigenvalue weighted by molar-refractivity contribution is 9.10. The number of benzene rings is 1. The fourth-order valence-electron chi connectivity index (χ4n) is 2.54. The second-order valence-electron chi connectivity index (χ2n) is 5.51. The molecule has 1 N–H and O–H groups in total. The summed E-state index contributed by atoms with van der Waals surface area (Å²) in [6.07, 6.45) is 0.662. The molecule has 1 aromatic rings. The molecule has 0 aromatic heterocycles. The van der Waals surface area contributed by atoms with Crippen LogP contribution in [0.4, 0.5) is 0 Å². The molecule has 1 saturated heterocycles. The maximum atomic E-state index is 12.3. The van der Waals surface area contributed by atoms with Gasteiger partial charge in [-0.3, -0.25) is 9.59 Å². The Morgan fingerprint density at radius 1 is 1.45 bits per heavy atom. The Morgan fingerprint density at radius 2 is 2.23 bits per heavy atom. The van der Waals surface area contributed by atoms with Gasteiger partial charge >= 0.3 is 5.97 Å². The second-order valence-corrected chi connectivity index (χ2v) is 6.37. The maximum Gasteiger partial charge on any atom is 0.306 e. The van der Waals surface area contributed by atoms with Crippen molar-refractivity contribution >= 4 is 27.8 Å². The first kappa shape index (κ1) is 17.0. The molecule has 1 aliphatic heterocycles. The first-order chi connectivity index (χ1) is 10.5. The van der Waals surface area contributed by atoms with E-state index < -0.39 is 12.1 Å². The zero-order valence-corrected chi connectivity index (χ0v) is 14.1. The van der Waals surface area contributed by atoms with Gasteiger partial charge in [-0.25, -0.2) is 0 Å². The molecule has 0 radical (unpaired) electrons. The number of rotatable bonds is 5. The maximum absolute atomic E-state index is 12.3. The topological polar surface area (TPSA) is 66.8 Å². The van der Waals surface area contributed by atoms with Crippen LogP contribution in [-0.2, 0) is 20.7 Å². The molecule has 0 aliphatic carbocycles. The molecule has 1 fully saturated rings. The summed E-state index contributed by atoms with van der Waals surface area (Å²) in [5, 5.41) is 8.80. The van der Waals surface area contributed by atoms with E-state index in [-0.39, 0.29) is 12.3 Å². The van der Waals surface area contributed by atoms with E-state index in [4.69, 9.17) is 9.84 Å². The number of nitrogens with zero attached hydrogens (tertiary/aromatic N) is 1. The number of aliphatic carboxylic acids is 1. The van der Waals surface area contributed by atoms with Crippen molar-refractivity contribution in [3.8, 4) is 0 Å². The van der Waals surface area contributed by atoms with Crippen LogP contribution >= 0.6 is 15.9 Å². The van der Waals surface area contributed by atoms with Crippen molar-refractivity contribution in [3.63, 3.8) is 0 Å². The predicted molar refractivity (Wildman–Crippen MR) is 85.8 cm³/mol. The zero-order valence-electron chi connectivity index (χ0n) is 12.5. The van der Waals surface area contributed by atoms with Gasteiger partial charge in [-0.1, -0.05) is 28.1 Å². The van der Waals surface area contributed by atoms with Gasteiger partial charge in [-0.2, -0.15) is 0 Å². The molecule has 22 heavy (non-hydrogen) atoms. The Kier molecular flexibility index (Phi) is 5.97. The Hall–Kier alpha value is -1.40. The molecule has 1 aliphatic rings. The van der Waals surface area contributed by atoms with E-state index in [9.17, 15) is 9.59 Å². The van der Waals surface area contributed by atoms with Gasteiger partial charge in [0.2, 0.25) is 5.91 Å². The lowest BCUT2D eigenvalue weighted by atomic mass is 10.1. The molecule has 0 spiro atoms. The smallest absolute Gasteiger partial charge is 0.306 e. The highest BCUT2D eigenvalue weighted by Gasteiger charge is 2.25. The highest BCUT2D eigenvalue weighted by Crippen LogP contribution is 2.18. The number of carboxylic acid groups (broad SMARTS) is 1. The molecule has 1 heterocycles. The summed E-state index contributed by atoms with van der Waals surface area (Å²) in [6, 6.07) is 6.08. The van der Waals surface area contributed by atoms with Crippen molar-refractivity contribution in [2.75, 3.05) is 19.7 Å². The number of carboxylic acids is 1. The van der Waals surface area contributed by atoms with Crippen LogP contribution in [-0.4, -0.2) is 47.7 Å². The summed E-state index contributed by atoms with van der Waals surface area (Å²) in [7, 11) is 0. The summed E-state index contributed by atoms with van der Waals surface area (Å²) in [5.41, 5.74) is 2.28. The fraction of sp³-hybridized carbons (Fsp3) is 0.500. The van der Waals surface area contributed by atoms with Crippen molar-refractivity contribution in [2.45, 2.75) is 32.3 Å². The van der Waals surface area contributed by atoms with Crippen LogP contribution in [0.1, 0.15) is 24.0 Å². The minimum atomic E-state index is -0.898. The fourth-order valence-corrected chi connectivity index (χ4v) is 2.78. The van der Waals surface area contributed by atoms with Crippen LogP contribution in [0.3, 0.4) is 0 Å². The van der Waals surface area contributed by atoms with Crippen molar-refractivity contribution in [1.82, 2.24) is 4.90 Å². The number of aryl methyl sites for hydroxylation is 2. The van der Waals surface area contributed by atoms with Crippen LogP contribution in [0, 0.1) is 6.92 Å². The summed E-state index contributed by atoms with van der Waals surface area (Å²) in [5.74, 6) is -0.844. The van der Waals surface area contributed by atoms with Gasteiger partial charge in [0.05, 0.1) is 19.1 Å². The summed E-state index contributed by atoms with van der Waals surface area (Å²) in [4.78, 5) is 24.7. The molecular weight excluding hydrogens is 350 g/mol. The molecule has 0 bridgehead atoms. The number of hydrogen-bond donors (Lipinski definition) is 1. The van der Waals surface area contributed by atoms with Crippen molar-refractivity contribution in [3.05, 3.63) is 33.8 Å². The quantitative estimate of drug-likeness (QED) is 0.865. The van der Waals surface area contributed by atoms with E-state index in [1.54, 1.807) is 4.90 Å². The van der Waals surface area contributed by atoms with Gasteiger partial charge in [-0.15, -0.1) is 0 Å². The Labute approximate surface area is 138 Å². The van der Waals surface area contributed by atoms with Crippen molar-refractivity contribution < 1.29 is 19.4 Å². The summed E-state index contributed by atoms with van der Waals surface area (Å²) < 4.78 is 6.44. The first-order valence-corrected chi connectivity index (χ1v) is 8.11. The van der Waals surface area contributed by atoms with Crippen molar-refractivity contribution in [2.24, 2.45) is 0 Å². The highest BCUT2D eigenvalue weighted by atomic mass is 79.9. The van der Waals surface area contributed by atoms with Crippen LogP contribution in [0.2, 0.25) is 0 Å². The first-order valence-electron chi connectivity index (χ1n) is 7.32. The number of ether oxygens (including phenoxy) is 1. The van der Waals surface area contributed by atoms with Crippen molar-refractivity contribution in [1.29, 1.82) is 0 Å². The SMILES string of the molecule is Cc1cc(CCC(=O)N2CCOC(CC(=O)O)C2)ccc1Br. The number of hydrogen-bond acceptors (Lipinski definition) is 3. The van der Waals surface area contributed by atoms with Gasteiger partial charge in [-0.05, 0) is 30.5 Å². The van der Waals surface area contributed by atoms with Gasteiger partial charge in [0.25, 0.3) is 0 Å². The largest absolute Gasteiger partial charge is 0.481 e. The third-order valence-corrected chi connectivity index (χ3v) is 4.63. The number of halogens is 1. The average Bonchev–Trinajstić information content (AvgIpc) is 2.48. The molecule has 2 rings (SSSR count). The molecule has 0 saturated carbocycles. The number of carbonyl (C=O) groups excluding carboxylic acids is 1. The number of amides is 1. The van der Waals surface area contributed by atoms with Gasteiger partial charge in [0.15, 0.2) is 0 Å². The lowest BCUT2D eigenvalue weighted by molar-refractivity contribution is -0.147. The van der Waals surface area contributed by atoms with Crippen LogP contribution < -0.4 is 0 Å². The van der Waals surface area contributed by atoms with E-state index in [0.29, 0.717) is 32.5 Å². The average molecular weight is 370 g/mol. The van der Waals surface area contributed by atoms with E-state index >= 15 is 0 Å². The molecule has 1 amide bonds. The molecule has 120 valence electrons. The van der Waals surface area contributed by atoms with Crippen LogP contribution in [0.25, 0.3) is 0 Å². The minimum Gasteiger partial charge on any atom is -0.481 e. The van der Waals surface area contributed by atoms with E-state index in [0.717, 1.165) is 15.6 Å². The molecule has 1 unspecified atom stereocenters. The molecule has 6 heteroatoms. The molecule has 1 atom stereocenters. The Morgan fingerprint density at radius 3 is 2.91 bits per heavy atom. The standard InChI is InChI=1S/C16H20BrNO4/c1-11-8-12(2-4-14(11)17)3-5-15(19)18-6-7-22-13(10-18)9-16(20)21/h2,4,8,13H,3,5-7,9-10H2,1H3,(H,20,21). The molecular formula is C16H20BrNO4. The number of morpholine rings is 1. The van der Waals surface area contributed by atoms with Gasteiger partial charge in [0.1, 0.15) is 0 Å². The lowest BCUT2D eigenvalue weighted by Gasteiger charge is -2.32. The van der Waals surface area contributed by atoms with E-state index in [1.165, 1.54) is 0 Å². The van der Waals surface area contributed by atoms with Crippen LogP contribution in [0.5, 0.6) is 0 Å². The summed E-state index contributed by atoms with van der Waals surface area (Å²) in [6.45, 7) is 3.33. The zero-order chi connectivity index (χ0) is 16.1. The van der Waals surface area contributed by atoms with E-state index in [2.05, 4.69) is 22.0 Å². The monoisotopic (exact) mass is 369 g/mol. The molecule has 5 nitrogen and oxygen atoms in total. The van der Waals surface area contributed by atoms with E-state index in [1.807, 2.05) is 19.1 Å². The summed E-state index contributed by atoms with van der Waals surface area (Å²) >= 11 is 3.46. The Bertz CT molecular complexity index is 561. The normalized spacial score (nSPS) is 18.3. The Balaban J connectivity index is 1.86. The minimum absolute atomic E-state index is 0.0549. The molecule has 1 aromatic carbocycles.